The van der Waals surface area contributed by atoms with Crippen LogP contribution in [0.3, 0.4) is 0 Å². The summed E-state index contributed by atoms with van der Waals surface area (Å²) >= 11 is 0. The zero-order valence-electron chi connectivity index (χ0n) is 8.57. The van der Waals surface area contributed by atoms with E-state index < -0.39 is 17.6 Å². The molecule has 1 rings (SSSR count). The van der Waals surface area contributed by atoms with Crippen molar-refractivity contribution in [3.63, 3.8) is 0 Å². The molecule has 0 radical (unpaired) electrons. The lowest BCUT2D eigenvalue weighted by Crippen LogP contribution is -2.10. The summed E-state index contributed by atoms with van der Waals surface area (Å²) in [5.41, 5.74) is -1.06. The maximum Gasteiger partial charge on any atom is 0.416 e. The van der Waals surface area contributed by atoms with E-state index in [2.05, 4.69) is 0 Å². The van der Waals surface area contributed by atoms with Crippen LogP contribution in [0.1, 0.15) is 24.5 Å². The monoisotopic (exact) mass is 234 g/mol. The van der Waals surface area contributed by atoms with Gasteiger partial charge in [-0.2, -0.15) is 13.2 Å². The van der Waals surface area contributed by atoms with E-state index in [9.17, 15) is 22.4 Å². The Kier molecular flexibility index (Phi) is 3.67. The van der Waals surface area contributed by atoms with E-state index in [4.69, 9.17) is 0 Å². The summed E-state index contributed by atoms with van der Waals surface area (Å²) in [5, 5.41) is 0. The molecule has 1 nitrogen and oxygen atoms in total. The van der Waals surface area contributed by atoms with Crippen LogP contribution in [0.5, 0.6) is 0 Å². The summed E-state index contributed by atoms with van der Waals surface area (Å²) in [4.78, 5) is 10.7. The van der Waals surface area contributed by atoms with Gasteiger partial charge in [-0.25, -0.2) is 4.39 Å². The highest BCUT2D eigenvalue weighted by Crippen LogP contribution is 2.32. The minimum Gasteiger partial charge on any atom is -0.300 e. The lowest BCUT2D eigenvalue weighted by Gasteiger charge is -2.12. The predicted molar refractivity (Wildman–Crippen MR) is 50.4 cm³/mol. The van der Waals surface area contributed by atoms with Gasteiger partial charge in [0.2, 0.25) is 0 Å². The Hall–Kier alpha value is -1.39. The SMILES string of the molecule is CC(=O)CCc1cc(F)ccc1C(F)(F)F. The molecule has 0 N–H and O–H groups in total. The van der Waals surface area contributed by atoms with Crippen LogP contribution in [0.15, 0.2) is 18.2 Å². The molecule has 0 unspecified atom stereocenters. The molecule has 0 heterocycles. The highest BCUT2D eigenvalue weighted by molar-refractivity contribution is 5.75. The van der Waals surface area contributed by atoms with Crippen molar-refractivity contribution in [3.05, 3.63) is 35.1 Å². The van der Waals surface area contributed by atoms with Crippen LogP contribution in [-0.2, 0) is 17.4 Å². The summed E-state index contributed by atoms with van der Waals surface area (Å²) in [7, 11) is 0. The number of aryl methyl sites for hydroxylation is 1. The second-order valence-electron chi connectivity index (χ2n) is 3.50. The molecule has 0 aliphatic heterocycles. The van der Waals surface area contributed by atoms with Crippen LogP contribution in [-0.4, -0.2) is 5.78 Å². The summed E-state index contributed by atoms with van der Waals surface area (Å²) in [5.74, 6) is -0.955. The second kappa shape index (κ2) is 4.63. The van der Waals surface area contributed by atoms with E-state index in [0.717, 1.165) is 12.1 Å². The maximum absolute atomic E-state index is 12.8. The highest BCUT2D eigenvalue weighted by atomic mass is 19.4. The number of alkyl halides is 3. The molecule has 0 fully saturated rings. The Morgan fingerprint density at radius 3 is 2.44 bits per heavy atom. The summed E-state index contributed by atoms with van der Waals surface area (Å²) < 4.78 is 50.3. The van der Waals surface area contributed by atoms with Gasteiger partial charge in [-0.3, -0.25) is 0 Å². The topological polar surface area (TPSA) is 17.1 Å². The molecule has 1 aromatic carbocycles. The van der Waals surface area contributed by atoms with Crippen molar-refractivity contribution in [1.29, 1.82) is 0 Å². The fourth-order valence-corrected chi connectivity index (χ4v) is 1.36. The lowest BCUT2D eigenvalue weighted by molar-refractivity contribution is -0.138. The first-order chi connectivity index (χ1) is 7.30. The maximum atomic E-state index is 12.8. The Bertz CT molecular complexity index is 395. The quantitative estimate of drug-likeness (QED) is 0.733. The Labute approximate surface area is 90.1 Å². The third kappa shape index (κ3) is 3.32. The fraction of sp³-hybridized carbons (Fsp3) is 0.364. The van der Waals surface area contributed by atoms with E-state index in [1.807, 2.05) is 0 Å². The zero-order valence-corrected chi connectivity index (χ0v) is 8.57. The van der Waals surface area contributed by atoms with Crippen LogP contribution >= 0.6 is 0 Å². The van der Waals surface area contributed by atoms with Crippen LogP contribution in [0.25, 0.3) is 0 Å². The van der Waals surface area contributed by atoms with Gasteiger partial charge in [-0.05, 0) is 37.1 Å². The van der Waals surface area contributed by atoms with Crippen molar-refractivity contribution < 1.29 is 22.4 Å². The van der Waals surface area contributed by atoms with Gasteiger partial charge < -0.3 is 4.79 Å². The number of carbonyl (C=O) groups excluding carboxylic acids is 1. The molecule has 0 saturated heterocycles. The summed E-state index contributed by atoms with van der Waals surface area (Å²) in [6, 6.07) is 2.29. The first-order valence-corrected chi connectivity index (χ1v) is 4.66. The largest absolute Gasteiger partial charge is 0.416 e. The van der Waals surface area contributed by atoms with Crippen LogP contribution in [0, 0.1) is 5.82 Å². The van der Waals surface area contributed by atoms with Crippen molar-refractivity contribution >= 4 is 5.78 Å². The molecule has 88 valence electrons. The van der Waals surface area contributed by atoms with E-state index in [1.165, 1.54) is 6.92 Å². The van der Waals surface area contributed by atoms with Crippen LogP contribution in [0.4, 0.5) is 17.6 Å². The number of rotatable bonds is 3. The Balaban J connectivity index is 3.04. The number of benzene rings is 1. The third-order valence-corrected chi connectivity index (χ3v) is 2.12. The van der Waals surface area contributed by atoms with Gasteiger partial charge in [0, 0.05) is 6.42 Å². The van der Waals surface area contributed by atoms with Crippen molar-refractivity contribution in [2.75, 3.05) is 0 Å². The van der Waals surface area contributed by atoms with Crippen LogP contribution < -0.4 is 0 Å². The first-order valence-electron chi connectivity index (χ1n) is 4.66. The molecule has 5 heteroatoms. The van der Waals surface area contributed by atoms with Gasteiger partial charge in [0.25, 0.3) is 0 Å². The molecule has 0 amide bonds. The minimum absolute atomic E-state index is 0.0213. The summed E-state index contributed by atoms with van der Waals surface area (Å²) in [6.45, 7) is 1.28. The van der Waals surface area contributed by atoms with Crippen molar-refractivity contribution in [2.45, 2.75) is 25.9 Å². The normalized spacial score (nSPS) is 11.6. The van der Waals surface area contributed by atoms with Crippen LogP contribution in [0.2, 0.25) is 0 Å². The molecule has 0 aromatic heterocycles. The number of hydrogen-bond acceptors (Lipinski definition) is 1. The van der Waals surface area contributed by atoms with E-state index in [-0.39, 0.29) is 24.2 Å². The van der Waals surface area contributed by atoms with Gasteiger partial charge in [-0.1, -0.05) is 0 Å². The molecular formula is C11H10F4O. The zero-order chi connectivity index (χ0) is 12.3. The van der Waals surface area contributed by atoms with Gasteiger partial charge in [-0.15, -0.1) is 0 Å². The van der Waals surface area contributed by atoms with Gasteiger partial charge >= 0.3 is 6.18 Å². The van der Waals surface area contributed by atoms with Gasteiger partial charge in [0.1, 0.15) is 11.6 Å². The lowest BCUT2D eigenvalue weighted by atomic mass is 10.0. The molecule has 0 aliphatic carbocycles. The first kappa shape index (κ1) is 12.7. The molecular weight excluding hydrogens is 224 g/mol. The predicted octanol–water partition coefficient (Wildman–Crippen LogP) is 3.37. The van der Waals surface area contributed by atoms with E-state index in [1.54, 1.807) is 0 Å². The smallest absolute Gasteiger partial charge is 0.300 e. The number of halogens is 4. The average molecular weight is 234 g/mol. The van der Waals surface area contributed by atoms with E-state index in [0.29, 0.717) is 6.07 Å². The highest BCUT2D eigenvalue weighted by Gasteiger charge is 2.33. The number of ketones is 1. The molecule has 0 saturated carbocycles. The molecule has 0 aliphatic rings. The molecule has 0 atom stereocenters. The van der Waals surface area contributed by atoms with E-state index >= 15 is 0 Å². The number of Topliss-reactive ketones (excluding diaryl/α,β-unsaturated/α-hetero) is 1. The standard InChI is InChI=1S/C11H10F4O/c1-7(16)2-3-8-6-9(12)4-5-10(8)11(13,14)15/h4-6H,2-3H2,1H3. The molecule has 16 heavy (non-hydrogen) atoms. The Morgan fingerprint density at radius 1 is 1.31 bits per heavy atom. The number of hydrogen-bond donors (Lipinski definition) is 0. The van der Waals surface area contributed by atoms with Gasteiger partial charge in [0.15, 0.2) is 0 Å². The molecule has 1 aromatic rings. The minimum atomic E-state index is -4.51. The summed E-state index contributed by atoms with van der Waals surface area (Å²) in [6.07, 6.45) is -4.63. The average Bonchev–Trinajstić information content (AvgIpc) is 2.12. The molecule has 0 bridgehead atoms. The van der Waals surface area contributed by atoms with Crippen molar-refractivity contribution in [3.8, 4) is 0 Å². The molecule has 0 spiro atoms. The van der Waals surface area contributed by atoms with Crippen molar-refractivity contribution in [1.82, 2.24) is 0 Å². The third-order valence-electron chi connectivity index (χ3n) is 2.12. The van der Waals surface area contributed by atoms with Crippen molar-refractivity contribution in [2.24, 2.45) is 0 Å². The Morgan fingerprint density at radius 2 is 1.94 bits per heavy atom. The number of carbonyl (C=O) groups is 1. The van der Waals surface area contributed by atoms with Gasteiger partial charge in [0.05, 0.1) is 5.56 Å². The fourth-order valence-electron chi connectivity index (χ4n) is 1.36. The second-order valence-corrected chi connectivity index (χ2v) is 3.50.